The van der Waals surface area contributed by atoms with Crippen molar-refractivity contribution in [1.82, 2.24) is 10.5 Å². The number of hydrogen-bond acceptors (Lipinski definition) is 5. The first kappa shape index (κ1) is 20.0. The van der Waals surface area contributed by atoms with Crippen LogP contribution in [0.15, 0.2) is 40.9 Å². The Morgan fingerprint density at radius 2 is 1.71 bits per heavy atom. The minimum Gasteiger partial charge on any atom is -0.497 e. The van der Waals surface area contributed by atoms with E-state index in [2.05, 4.69) is 10.5 Å². The van der Waals surface area contributed by atoms with Crippen molar-refractivity contribution in [3.8, 4) is 22.8 Å². The zero-order valence-electron chi connectivity index (χ0n) is 15.5. The van der Waals surface area contributed by atoms with Gasteiger partial charge in [-0.25, -0.2) is 0 Å². The van der Waals surface area contributed by atoms with Crippen molar-refractivity contribution < 1.29 is 18.8 Å². The smallest absolute Gasteiger partial charge is 0.257 e. The highest BCUT2D eigenvalue weighted by Gasteiger charge is 2.24. The second-order valence-corrected chi connectivity index (χ2v) is 6.78. The third kappa shape index (κ3) is 4.08. The van der Waals surface area contributed by atoms with Crippen molar-refractivity contribution in [1.29, 1.82) is 0 Å². The predicted octanol–water partition coefficient (Wildman–Crippen LogP) is 4.90. The van der Waals surface area contributed by atoms with Crippen LogP contribution < -0.4 is 14.8 Å². The molecule has 0 spiro atoms. The van der Waals surface area contributed by atoms with Crippen LogP contribution in [0.3, 0.4) is 0 Å². The zero-order valence-corrected chi connectivity index (χ0v) is 17.0. The second kappa shape index (κ2) is 8.54. The molecule has 8 heteroatoms. The van der Waals surface area contributed by atoms with E-state index in [9.17, 15) is 4.79 Å². The largest absolute Gasteiger partial charge is 0.497 e. The van der Waals surface area contributed by atoms with E-state index in [1.165, 1.54) is 0 Å². The molecule has 6 nitrogen and oxygen atoms in total. The Morgan fingerprint density at radius 1 is 1.11 bits per heavy atom. The number of nitrogens with one attached hydrogen (secondary N) is 1. The number of benzene rings is 2. The molecule has 0 unspecified atom stereocenters. The maximum atomic E-state index is 12.9. The van der Waals surface area contributed by atoms with Crippen molar-refractivity contribution >= 4 is 29.1 Å². The maximum Gasteiger partial charge on any atom is 0.257 e. The molecule has 0 aliphatic heterocycles. The average Bonchev–Trinajstić information content (AvgIpc) is 3.06. The normalized spacial score (nSPS) is 10.6. The number of nitrogens with zero attached hydrogens (tertiary/aromatic N) is 1. The van der Waals surface area contributed by atoms with Crippen LogP contribution in [0, 0.1) is 6.92 Å². The van der Waals surface area contributed by atoms with Gasteiger partial charge in [-0.1, -0.05) is 34.4 Å². The predicted molar refractivity (Wildman–Crippen MR) is 107 cm³/mol. The molecule has 0 aliphatic rings. The number of amides is 1. The molecule has 28 heavy (non-hydrogen) atoms. The Hall–Kier alpha value is -2.70. The first-order valence-electron chi connectivity index (χ1n) is 8.35. The molecule has 0 radical (unpaired) electrons. The van der Waals surface area contributed by atoms with Crippen LogP contribution in [0.4, 0.5) is 0 Å². The lowest BCUT2D eigenvalue weighted by Crippen LogP contribution is -2.23. The SMILES string of the molecule is COc1cc(CNC(=O)c2c(-c3c(Cl)cccc3Cl)noc2C)cc(OC)c1. The van der Waals surface area contributed by atoms with Gasteiger partial charge in [-0.2, -0.15) is 0 Å². The number of aromatic nitrogens is 1. The number of rotatable bonds is 6. The molecule has 0 saturated carbocycles. The fourth-order valence-corrected chi connectivity index (χ4v) is 3.35. The molecule has 0 saturated heterocycles. The monoisotopic (exact) mass is 420 g/mol. The van der Waals surface area contributed by atoms with E-state index < -0.39 is 0 Å². The van der Waals surface area contributed by atoms with Crippen LogP contribution in [-0.2, 0) is 6.54 Å². The molecule has 3 aromatic rings. The van der Waals surface area contributed by atoms with Crippen molar-refractivity contribution in [2.45, 2.75) is 13.5 Å². The second-order valence-electron chi connectivity index (χ2n) is 5.96. The van der Waals surface area contributed by atoms with E-state index >= 15 is 0 Å². The van der Waals surface area contributed by atoms with Crippen LogP contribution >= 0.6 is 23.2 Å². The number of carbonyl (C=O) groups excluding carboxylic acids is 1. The van der Waals surface area contributed by atoms with Crippen LogP contribution in [0.25, 0.3) is 11.3 Å². The van der Waals surface area contributed by atoms with Gasteiger partial charge in [0.2, 0.25) is 0 Å². The van der Waals surface area contributed by atoms with E-state index in [0.717, 1.165) is 5.56 Å². The van der Waals surface area contributed by atoms with Crippen molar-refractivity contribution in [2.75, 3.05) is 14.2 Å². The zero-order chi connectivity index (χ0) is 20.3. The number of halogens is 2. The molecular formula is C20H18Cl2N2O4. The highest BCUT2D eigenvalue weighted by Crippen LogP contribution is 2.36. The molecule has 1 N–H and O–H groups in total. The molecule has 146 valence electrons. The van der Waals surface area contributed by atoms with Gasteiger partial charge in [0.25, 0.3) is 5.91 Å². The summed E-state index contributed by atoms with van der Waals surface area (Å²) in [7, 11) is 3.13. The summed E-state index contributed by atoms with van der Waals surface area (Å²) in [6.45, 7) is 1.91. The van der Waals surface area contributed by atoms with Crippen LogP contribution in [-0.4, -0.2) is 25.3 Å². The standard InChI is InChI=1S/C20H18Cl2N2O4/c1-11-17(19(24-28-11)18-15(21)5-4-6-16(18)22)20(25)23-10-12-7-13(26-2)9-14(8-12)27-3/h4-9H,10H2,1-3H3,(H,23,25). The summed E-state index contributed by atoms with van der Waals surface area (Å²) >= 11 is 12.5. The van der Waals surface area contributed by atoms with Gasteiger partial charge in [0.05, 0.1) is 24.3 Å². The molecule has 3 rings (SSSR count). The number of ether oxygens (including phenoxy) is 2. The van der Waals surface area contributed by atoms with Crippen molar-refractivity contribution in [3.63, 3.8) is 0 Å². The average molecular weight is 421 g/mol. The third-order valence-corrected chi connectivity index (χ3v) is 4.78. The Morgan fingerprint density at radius 3 is 2.29 bits per heavy atom. The highest BCUT2D eigenvalue weighted by molar-refractivity contribution is 6.39. The Balaban J connectivity index is 1.88. The molecule has 0 fully saturated rings. The van der Waals surface area contributed by atoms with Gasteiger partial charge in [0.1, 0.15) is 28.5 Å². The van der Waals surface area contributed by atoms with Crippen molar-refractivity contribution in [3.05, 3.63) is 63.3 Å². The fourth-order valence-electron chi connectivity index (χ4n) is 2.77. The molecule has 0 atom stereocenters. The van der Waals surface area contributed by atoms with E-state index in [4.69, 9.17) is 37.2 Å². The lowest BCUT2D eigenvalue weighted by Gasteiger charge is -2.10. The van der Waals surface area contributed by atoms with Gasteiger partial charge in [-0.3, -0.25) is 4.79 Å². The van der Waals surface area contributed by atoms with Gasteiger partial charge in [0.15, 0.2) is 0 Å². The van der Waals surface area contributed by atoms with E-state index in [0.29, 0.717) is 38.6 Å². The third-order valence-electron chi connectivity index (χ3n) is 4.15. The number of hydrogen-bond donors (Lipinski definition) is 1. The number of methoxy groups -OCH3 is 2. The number of carbonyl (C=O) groups is 1. The Bertz CT molecular complexity index is 975. The molecule has 1 amide bonds. The van der Waals surface area contributed by atoms with Gasteiger partial charge in [0, 0.05) is 18.2 Å². The number of aryl methyl sites for hydroxylation is 1. The first-order chi connectivity index (χ1) is 13.4. The quantitative estimate of drug-likeness (QED) is 0.613. The van der Waals surface area contributed by atoms with Gasteiger partial charge in [-0.15, -0.1) is 0 Å². The maximum absolute atomic E-state index is 12.9. The van der Waals surface area contributed by atoms with E-state index in [-0.39, 0.29) is 18.0 Å². The van der Waals surface area contributed by atoms with E-state index in [1.54, 1.807) is 45.4 Å². The minimum absolute atomic E-state index is 0.257. The molecular weight excluding hydrogens is 403 g/mol. The van der Waals surface area contributed by atoms with Crippen LogP contribution in [0.2, 0.25) is 10.0 Å². The van der Waals surface area contributed by atoms with Crippen LogP contribution in [0.1, 0.15) is 21.7 Å². The summed E-state index contributed by atoms with van der Waals surface area (Å²) < 4.78 is 15.7. The summed E-state index contributed by atoms with van der Waals surface area (Å²) in [5.74, 6) is 1.28. The Kier molecular flexibility index (Phi) is 6.11. The van der Waals surface area contributed by atoms with Gasteiger partial charge >= 0.3 is 0 Å². The highest BCUT2D eigenvalue weighted by atomic mass is 35.5. The molecule has 0 aliphatic carbocycles. The summed E-state index contributed by atoms with van der Waals surface area (Å²) in [5.41, 5.74) is 1.85. The lowest BCUT2D eigenvalue weighted by atomic mass is 10.1. The molecule has 0 bridgehead atoms. The minimum atomic E-state index is -0.355. The summed E-state index contributed by atoms with van der Waals surface area (Å²) in [4.78, 5) is 12.9. The van der Waals surface area contributed by atoms with Crippen LogP contribution in [0.5, 0.6) is 11.5 Å². The summed E-state index contributed by atoms with van der Waals surface area (Å²) in [5, 5.41) is 7.62. The van der Waals surface area contributed by atoms with Gasteiger partial charge < -0.3 is 19.3 Å². The van der Waals surface area contributed by atoms with Crippen molar-refractivity contribution in [2.24, 2.45) is 0 Å². The van der Waals surface area contributed by atoms with E-state index in [1.807, 2.05) is 12.1 Å². The molecule has 1 heterocycles. The fraction of sp³-hybridized carbons (Fsp3) is 0.200. The summed E-state index contributed by atoms with van der Waals surface area (Å²) in [6.07, 6.45) is 0. The summed E-state index contributed by atoms with van der Waals surface area (Å²) in [6, 6.07) is 10.5. The molecule has 2 aromatic carbocycles. The Labute approximate surface area is 172 Å². The lowest BCUT2D eigenvalue weighted by molar-refractivity contribution is 0.0950. The van der Waals surface area contributed by atoms with Gasteiger partial charge in [-0.05, 0) is 36.8 Å². The first-order valence-corrected chi connectivity index (χ1v) is 9.11. The molecule has 1 aromatic heterocycles. The topological polar surface area (TPSA) is 73.6 Å².